The van der Waals surface area contributed by atoms with E-state index in [1.165, 1.54) is 0 Å². The quantitative estimate of drug-likeness (QED) is 0.722. The van der Waals surface area contributed by atoms with Crippen LogP contribution in [-0.4, -0.2) is 24.4 Å². The maximum atomic E-state index is 11.7. The number of halogens is 1. The Hall–Kier alpha value is -1.59. The minimum absolute atomic E-state index is 0. The zero-order chi connectivity index (χ0) is 15.0. The molecule has 0 heterocycles. The summed E-state index contributed by atoms with van der Waals surface area (Å²) in [6.45, 7) is 4.64. The lowest BCUT2D eigenvalue weighted by molar-refractivity contribution is -0.117. The Morgan fingerprint density at radius 2 is 1.76 bits per heavy atom. The number of benzene rings is 1. The lowest BCUT2D eigenvalue weighted by Crippen LogP contribution is -2.35. The van der Waals surface area contributed by atoms with Gasteiger partial charge >= 0.3 is 0 Å². The highest BCUT2D eigenvalue weighted by Crippen LogP contribution is 2.10. The van der Waals surface area contributed by atoms with Gasteiger partial charge in [-0.1, -0.05) is 20.3 Å². The van der Waals surface area contributed by atoms with Crippen LogP contribution in [0.1, 0.15) is 43.5 Å². The standard InChI is InChI=1S/C15H23N3O2.ClH/c1-3-5-13(16)15(20)18-12-8-6-11(7-9-12)14(19)17-10-4-2;/h6-9,13H,3-5,10,16H2,1-2H3,(H,17,19)(H,18,20);1H. The molecule has 4 N–H and O–H groups in total. The highest BCUT2D eigenvalue weighted by atomic mass is 35.5. The molecule has 1 aromatic rings. The van der Waals surface area contributed by atoms with E-state index in [1.807, 2.05) is 13.8 Å². The van der Waals surface area contributed by atoms with Gasteiger partial charge < -0.3 is 16.4 Å². The van der Waals surface area contributed by atoms with Crippen LogP contribution in [0.3, 0.4) is 0 Å². The first-order valence-electron chi connectivity index (χ1n) is 7.03. The molecule has 0 spiro atoms. The van der Waals surface area contributed by atoms with Crippen molar-refractivity contribution in [1.29, 1.82) is 0 Å². The van der Waals surface area contributed by atoms with Gasteiger partial charge in [-0.2, -0.15) is 0 Å². The van der Waals surface area contributed by atoms with Crippen molar-refractivity contribution < 1.29 is 9.59 Å². The fraction of sp³-hybridized carbons (Fsp3) is 0.467. The van der Waals surface area contributed by atoms with Crippen LogP contribution in [0.25, 0.3) is 0 Å². The molecule has 1 rings (SSSR count). The van der Waals surface area contributed by atoms with Crippen molar-refractivity contribution in [2.24, 2.45) is 5.73 Å². The summed E-state index contributed by atoms with van der Waals surface area (Å²) in [6, 6.07) is 6.29. The van der Waals surface area contributed by atoms with Crippen LogP contribution in [0.5, 0.6) is 0 Å². The molecule has 5 nitrogen and oxygen atoms in total. The zero-order valence-corrected chi connectivity index (χ0v) is 13.3. The molecule has 21 heavy (non-hydrogen) atoms. The van der Waals surface area contributed by atoms with Gasteiger partial charge in [-0.3, -0.25) is 9.59 Å². The number of amides is 2. The lowest BCUT2D eigenvalue weighted by Gasteiger charge is -2.11. The van der Waals surface area contributed by atoms with E-state index in [4.69, 9.17) is 5.73 Å². The normalized spacial score (nSPS) is 11.2. The van der Waals surface area contributed by atoms with Crippen LogP contribution in [0, 0.1) is 0 Å². The van der Waals surface area contributed by atoms with Crippen LogP contribution in [0.4, 0.5) is 5.69 Å². The van der Waals surface area contributed by atoms with Gasteiger partial charge in [-0.05, 0) is 37.1 Å². The molecule has 0 saturated carbocycles. The molecule has 1 unspecified atom stereocenters. The number of nitrogens with one attached hydrogen (secondary N) is 2. The molecule has 2 amide bonds. The van der Waals surface area contributed by atoms with Crippen LogP contribution in [0.2, 0.25) is 0 Å². The highest BCUT2D eigenvalue weighted by Gasteiger charge is 2.12. The Labute approximate surface area is 132 Å². The smallest absolute Gasteiger partial charge is 0.251 e. The van der Waals surface area contributed by atoms with E-state index in [2.05, 4.69) is 10.6 Å². The predicted octanol–water partition coefficient (Wildman–Crippen LogP) is 2.31. The van der Waals surface area contributed by atoms with E-state index in [0.717, 1.165) is 12.8 Å². The van der Waals surface area contributed by atoms with Crippen LogP contribution >= 0.6 is 12.4 Å². The number of carbonyl (C=O) groups is 2. The molecule has 1 aromatic carbocycles. The van der Waals surface area contributed by atoms with Gasteiger partial charge in [-0.15, -0.1) is 12.4 Å². The fourth-order valence-corrected chi connectivity index (χ4v) is 1.72. The van der Waals surface area contributed by atoms with E-state index >= 15 is 0 Å². The Balaban J connectivity index is 0.00000400. The maximum absolute atomic E-state index is 11.7. The maximum Gasteiger partial charge on any atom is 0.251 e. The number of rotatable bonds is 7. The van der Waals surface area contributed by atoms with Crippen LogP contribution in [-0.2, 0) is 4.79 Å². The van der Waals surface area contributed by atoms with E-state index < -0.39 is 6.04 Å². The van der Waals surface area contributed by atoms with Crippen molar-refractivity contribution >= 4 is 29.9 Å². The van der Waals surface area contributed by atoms with Gasteiger partial charge in [-0.25, -0.2) is 0 Å². The second-order valence-corrected chi connectivity index (χ2v) is 4.72. The second kappa shape index (κ2) is 10.2. The summed E-state index contributed by atoms with van der Waals surface area (Å²) in [5.74, 6) is -0.303. The molecule has 0 saturated heterocycles. The second-order valence-electron chi connectivity index (χ2n) is 4.72. The summed E-state index contributed by atoms with van der Waals surface area (Å²) in [4.78, 5) is 23.5. The first-order chi connectivity index (χ1) is 9.58. The summed E-state index contributed by atoms with van der Waals surface area (Å²) in [5, 5.41) is 5.54. The first kappa shape index (κ1) is 19.4. The first-order valence-corrected chi connectivity index (χ1v) is 7.03. The molecule has 118 valence electrons. The molecule has 0 radical (unpaired) electrons. The number of anilines is 1. The number of hydrogen-bond acceptors (Lipinski definition) is 3. The average molecular weight is 314 g/mol. The molecular formula is C15H24ClN3O2. The van der Waals surface area contributed by atoms with Gasteiger partial charge in [0.25, 0.3) is 5.91 Å². The van der Waals surface area contributed by atoms with Gasteiger partial charge in [0.2, 0.25) is 5.91 Å². The average Bonchev–Trinajstić information content (AvgIpc) is 2.45. The highest BCUT2D eigenvalue weighted by molar-refractivity contribution is 5.97. The molecule has 0 fully saturated rings. The summed E-state index contributed by atoms with van der Waals surface area (Å²) in [6.07, 6.45) is 2.42. The number of nitrogens with two attached hydrogens (primary N) is 1. The zero-order valence-electron chi connectivity index (χ0n) is 12.5. The third-order valence-electron chi connectivity index (χ3n) is 2.89. The molecule has 1 atom stereocenters. The Morgan fingerprint density at radius 3 is 2.29 bits per heavy atom. The van der Waals surface area contributed by atoms with Crippen molar-refractivity contribution in [2.75, 3.05) is 11.9 Å². The van der Waals surface area contributed by atoms with E-state index in [0.29, 0.717) is 24.2 Å². The largest absolute Gasteiger partial charge is 0.352 e. The van der Waals surface area contributed by atoms with Crippen molar-refractivity contribution in [3.05, 3.63) is 29.8 Å². The molecule has 0 aromatic heterocycles. The third-order valence-corrected chi connectivity index (χ3v) is 2.89. The van der Waals surface area contributed by atoms with Crippen molar-refractivity contribution in [1.82, 2.24) is 5.32 Å². The summed E-state index contributed by atoms with van der Waals surface area (Å²) < 4.78 is 0. The molecular weight excluding hydrogens is 290 g/mol. The Kier molecular flexibility index (Phi) is 9.41. The lowest BCUT2D eigenvalue weighted by atomic mass is 10.1. The predicted molar refractivity (Wildman–Crippen MR) is 87.8 cm³/mol. The van der Waals surface area contributed by atoms with E-state index in [9.17, 15) is 9.59 Å². The minimum atomic E-state index is -0.493. The fourth-order valence-electron chi connectivity index (χ4n) is 1.72. The summed E-state index contributed by atoms with van der Waals surface area (Å²) >= 11 is 0. The topological polar surface area (TPSA) is 84.2 Å². The Morgan fingerprint density at radius 1 is 1.14 bits per heavy atom. The van der Waals surface area contributed by atoms with E-state index in [1.54, 1.807) is 24.3 Å². The molecule has 0 aliphatic heterocycles. The van der Waals surface area contributed by atoms with E-state index in [-0.39, 0.29) is 24.2 Å². The Bertz CT molecular complexity index is 449. The van der Waals surface area contributed by atoms with Crippen molar-refractivity contribution in [3.63, 3.8) is 0 Å². The third kappa shape index (κ3) is 6.60. The molecule has 6 heteroatoms. The van der Waals surface area contributed by atoms with Crippen LogP contribution < -0.4 is 16.4 Å². The summed E-state index contributed by atoms with van der Waals surface area (Å²) in [5.41, 5.74) is 6.96. The minimum Gasteiger partial charge on any atom is -0.352 e. The molecule has 0 aliphatic carbocycles. The van der Waals surface area contributed by atoms with Crippen molar-refractivity contribution in [2.45, 2.75) is 39.2 Å². The SMILES string of the molecule is CCCNC(=O)c1ccc(NC(=O)C(N)CCC)cc1.Cl. The van der Waals surface area contributed by atoms with Gasteiger partial charge in [0.1, 0.15) is 0 Å². The van der Waals surface area contributed by atoms with Gasteiger partial charge in [0.05, 0.1) is 6.04 Å². The number of hydrogen-bond donors (Lipinski definition) is 3. The number of carbonyl (C=O) groups excluding carboxylic acids is 2. The summed E-state index contributed by atoms with van der Waals surface area (Å²) in [7, 11) is 0. The van der Waals surface area contributed by atoms with Crippen LogP contribution in [0.15, 0.2) is 24.3 Å². The molecule has 0 aliphatic rings. The monoisotopic (exact) mass is 313 g/mol. The van der Waals surface area contributed by atoms with Gasteiger partial charge in [0.15, 0.2) is 0 Å². The van der Waals surface area contributed by atoms with Gasteiger partial charge in [0, 0.05) is 17.8 Å². The molecule has 0 bridgehead atoms. The van der Waals surface area contributed by atoms with Crippen molar-refractivity contribution in [3.8, 4) is 0 Å².